The topological polar surface area (TPSA) is 71.5 Å². The largest absolute Gasteiger partial charge is 0.385 e. The predicted molar refractivity (Wildman–Crippen MR) is 118 cm³/mol. The van der Waals surface area contributed by atoms with Crippen LogP contribution in [0.25, 0.3) is 15.9 Å². The number of carbonyl (C=O) groups is 1. The zero-order valence-corrected chi connectivity index (χ0v) is 17.7. The van der Waals surface area contributed by atoms with Gasteiger partial charge in [-0.25, -0.2) is 9.83 Å². The van der Waals surface area contributed by atoms with Crippen molar-refractivity contribution < 1.29 is 9.90 Å². The highest BCUT2D eigenvalue weighted by molar-refractivity contribution is 6.31. The summed E-state index contributed by atoms with van der Waals surface area (Å²) in [5, 5.41) is 14.2. The fourth-order valence-corrected chi connectivity index (χ4v) is 4.49. The van der Waals surface area contributed by atoms with Gasteiger partial charge in [-0.1, -0.05) is 35.9 Å². The van der Waals surface area contributed by atoms with Crippen LogP contribution in [0.5, 0.6) is 0 Å². The number of halogens is 1. The molecule has 2 aromatic carbocycles. The van der Waals surface area contributed by atoms with Crippen LogP contribution in [0.15, 0.2) is 42.5 Å². The summed E-state index contributed by atoms with van der Waals surface area (Å²) in [5.74, 6) is 0.0825. The summed E-state index contributed by atoms with van der Waals surface area (Å²) in [7, 11) is 0. The molecule has 1 fully saturated rings. The Morgan fingerprint density at radius 1 is 1.37 bits per heavy atom. The van der Waals surface area contributed by atoms with Crippen molar-refractivity contribution in [2.75, 3.05) is 5.32 Å². The molecule has 0 saturated heterocycles. The molecule has 3 aromatic rings. The fraction of sp³-hybridized carbons (Fsp3) is 0.348. The molecular formula is C23H23ClN4O2. The average Bonchev–Trinajstić information content (AvgIpc) is 3.02. The van der Waals surface area contributed by atoms with Crippen LogP contribution in [0.1, 0.15) is 45.1 Å². The van der Waals surface area contributed by atoms with Gasteiger partial charge in [-0.3, -0.25) is 10.1 Å². The second-order valence-electron chi connectivity index (χ2n) is 8.38. The molecule has 0 radical (unpaired) electrons. The minimum Gasteiger partial charge on any atom is -0.385 e. The number of aliphatic hydroxyl groups is 1. The van der Waals surface area contributed by atoms with Crippen LogP contribution >= 0.6 is 11.6 Å². The molecule has 6 nitrogen and oxygen atoms in total. The third kappa shape index (κ3) is 3.55. The average molecular weight is 423 g/mol. The molecule has 4 rings (SSSR count). The van der Waals surface area contributed by atoms with E-state index in [1.165, 1.54) is 0 Å². The van der Waals surface area contributed by atoms with Crippen LogP contribution in [0, 0.1) is 6.57 Å². The number of aromatic nitrogens is 2. The zero-order valence-electron chi connectivity index (χ0n) is 16.9. The van der Waals surface area contributed by atoms with Gasteiger partial charge in [0, 0.05) is 16.1 Å². The van der Waals surface area contributed by atoms with Crippen molar-refractivity contribution in [3.63, 3.8) is 0 Å². The van der Waals surface area contributed by atoms with Crippen molar-refractivity contribution in [1.29, 1.82) is 0 Å². The number of nitrogens with one attached hydrogen (secondary N) is 1. The maximum Gasteiger partial charge on any atom is 0.229 e. The third-order valence-corrected chi connectivity index (χ3v) is 6.28. The van der Waals surface area contributed by atoms with Crippen LogP contribution in [-0.4, -0.2) is 20.6 Å². The Hall–Kier alpha value is -2.88. The van der Waals surface area contributed by atoms with Gasteiger partial charge in [0.25, 0.3) is 0 Å². The number of benzene rings is 2. The lowest BCUT2D eigenvalue weighted by atomic mass is 9.78. The minimum atomic E-state index is -1.42. The molecule has 1 aliphatic carbocycles. The molecule has 1 aromatic heterocycles. The van der Waals surface area contributed by atoms with E-state index in [1.807, 2.05) is 10.6 Å². The first-order valence-electron chi connectivity index (χ1n) is 9.91. The van der Waals surface area contributed by atoms with E-state index in [9.17, 15) is 9.90 Å². The van der Waals surface area contributed by atoms with Crippen LogP contribution in [0.2, 0.25) is 5.02 Å². The second kappa shape index (κ2) is 7.42. The molecule has 7 heteroatoms. The number of nitrogens with zero attached hydrogens (tertiary/aromatic N) is 3. The molecule has 154 valence electrons. The predicted octanol–water partition coefficient (Wildman–Crippen LogP) is 5.38. The summed E-state index contributed by atoms with van der Waals surface area (Å²) < 4.78 is 2.03. The lowest BCUT2D eigenvalue weighted by Crippen LogP contribution is -2.38. The SMILES string of the molecule is [C-]#[N+]c1ccc2nc(NC(=O)C[C@](C)(O)c3ccccc3Cl)n(C3(C)CCC3)c2c1. The molecule has 0 spiro atoms. The highest BCUT2D eigenvalue weighted by atomic mass is 35.5. The van der Waals surface area contributed by atoms with Gasteiger partial charge in [-0.2, -0.15) is 0 Å². The van der Waals surface area contributed by atoms with E-state index >= 15 is 0 Å². The van der Waals surface area contributed by atoms with Gasteiger partial charge in [0.05, 0.1) is 29.6 Å². The number of hydrogen-bond acceptors (Lipinski definition) is 3. The Kier molecular flexibility index (Phi) is 5.05. The standard InChI is InChI=1S/C23H23ClN4O2/c1-22(11-6-12-22)28-19-13-15(25-3)9-10-18(19)26-21(28)27-20(29)14-23(2,30)16-7-4-5-8-17(16)24/h4-5,7-10,13,30H,6,11-12,14H2,1-2H3,(H,26,27,29)/t23-/m0/s1. The van der Waals surface area contributed by atoms with E-state index in [-0.39, 0.29) is 17.9 Å². The highest BCUT2D eigenvalue weighted by Crippen LogP contribution is 2.43. The first-order valence-corrected chi connectivity index (χ1v) is 10.3. The molecule has 0 unspecified atom stereocenters. The summed E-state index contributed by atoms with van der Waals surface area (Å²) in [6.07, 6.45) is 2.89. The monoisotopic (exact) mass is 422 g/mol. The number of hydrogen-bond donors (Lipinski definition) is 2. The number of amides is 1. The van der Waals surface area contributed by atoms with Crippen molar-refractivity contribution >= 4 is 40.2 Å². The van der Waals surface area contributed by atoms with Crippen LogP contribution in [-0.2, 0) is 15.9 Å². The smallest absolute Gasteiger partial charge is 0.229 e. The normalized spacial score (nSPS) is 17.0. The van der Waals surface area contributed by atoms with Crippen LogP contribution in [0.4, 0.5) is 11.6 Å². The first-order chi connectivity index (χ1) is 14.2. The van der Waals surface area contributed by atoms with Gasteiger partial charge in [0.1, 0.15) is 0 Å². The first kappa shape index (κ1) is 20.4. The number of fused-ring (bicyclic) bond motifs is 1. The Morgan fingerprint density at radius 2 is 2.10 bits per heavy atom. The maximum absolute atomic E-state index is 12.9. The quantitative estimate of drug-likeness (QED) is 0.542. The van der Waals surface area contributed by atoms with Crippen LogP contribution in [0.3, 0.4) is 0 Å². The number of anilines is 1. The Morgan fingerprint density at radius 3 is 2.73 bits per heavy atom. The molecule has 0 aliphatic heterocycles. The van der Waals surface area contributed by atoms with Gasteiger partial charge < -0.3 is 9.67 Å². The highest BCUT2D eigenvalue weighted by Gasteiger charge is 2.37. The van der Waals surface area contributed by atoms with E-state index < -0.39 is 5.60 Å². The lowest BCUT2D eigenvalue weighted by molar-refractivity contribution is -0.120. The Bertz CT molecular complexity index is 1170. The van der Waals surface area contributed by atoms with Crippen molar-refractivity contribution in [3.8, 4) is 0 Å². The lowest BCUT2D eigenvalue weighted by Gasteiger charge is -2.41. The van der Waals surface area contributed by atoms with Crippen LogP contribution < -0.4 is 5.32 Å². The van der Waals surface area contributed by atoms with Gasteiger partial charge in [-0.15, -0.1) is 0 Å². The van der Waals surface area contributed by atoms with Crippen molar-refractivity contribution in [1.82, 2.24) is 9.55 Å². The Balaban J connectivity index is 1.67. The van der Waals surface area contributed by atoms with Crippen molar-refractivity contribution in [3.05, 3.63) is 64.5 Å². The maximum atomic E-state index is 12.9. The van der Waals surface area contributed by atoms with Crippen molar-refractivity contribution in [2.24, 2.45) is 0 Å². The molecule has 2 N–H and O–H groups in total. The summed E-state index contributed by atoms with van der Waals surface area (Å²) in [6.45, 7) is 11.0. The van der Waals surface area contributed by atoms with E-state index in [1.54, 1.807) is 43.3 Å². The summed E-state index contributed by atoms with van der Waals surface area (Å²) >= 11 is 6.21. The second-order valence-corrected chi connectivity index (χ2v) is 8.79. The summed E-state index contributed by atoms with van der Waals surface area (Å²) in [4.78, 5) is 21.0. The zero-order chi connectivity index (χ0) is 21.5. The van der Waals surface area contributed by atoms with E-state index in [0.717, 1.165) is 30.3 Å². The van der Waals surface area contributed by atoms with Gasteiger partial charge >= 0.3 is 0 Å². The fourth-order valence-electron chi connectivity index (χ4n) is 4.15. The van der Waals surface area contributed by atoms with E-state index in [4.69, 9.17) is 18.2 Å². The molecule has 0 bridgehead atoms. The molecule has 1 saturated carbocycles. The van der Waals surface area contributed by atoms with Gasteiger partial charge in [0.15, 0.2) is 5.69 Å². The summed E-state index contributed by atoms with van der Waals surface area (Å²) in [6, 6.07) is 12.3. The van der Waals surface area contributed by atoms with E-state index in [2.05, 4.69) is 22.1 Å². The van der Waals surface area contributed by atoms with E-state index in [0.29, 0.717) is 22.2 Å². The number of carbonyl (C=O) groups excluding carboxylic acids is 1. The van der Waals surface area contributed by atoms with Crippen molar-refractivity contribution in [2.45, 2.75) is 50.7 Å². The summed E-state index contributed by atoms with van der Waals surface area (Å²) in [5.41, 5.74) is 1.01. The number of imidazole rings is 1. The molecular weight excluding hydrogens is 400 g/mol. The molecule has 1 atom stereocenters. The molecule has 1 heterocycles. The molecule has 30 heavy (non-hydrogen) atoms. The van der Waals surface area contributed by atoms with Gasteiger partial charge in [-0.05, 0) is 51.3 Å². The Labute approximate surface area is 180 Å². The third-order valence-electron chi connectivity index (χ3n) is 5.95. The van der Waals surface area contributed by atoms with Gasteiger partial charge in [0.2, 0.25) is 11.9 Å². The number of rotatable bonds is 5. The minimum absolute atomic E-state index is 0.163. The molecule has 1 amide bonds. The molecule has 1 aliphatic rings.